The molecular formula is C12H14FN3O5. The number of benzene rings is 1. The third kappa shape index (κ3) is 3.44. The molecule has 1 aromatic carbocycles. The number of nitrogens with one attached hydrogen (secondary N) is 1. The van der Waals surface area contributed by atoms with Crippen LogP contribution in [-0.2, 0) is 4.79 Å². The quantitative estimate of drug-likeness (QED) is 0.652. The summed E-state index contributed by atoms with van der Waals surface area (Å²) in [5.41, 5.74) is -2.20. The summed E-state index contributed by atoms with van der Waals surface area (Å²) in [7, 11) is 1.27. The molecule has 0 aliphatic carbocycles. The Morgan fingerprint density at radius 1 is 1.43 bits per heavy atom. The number of nitro groups is 1. The second-order valence-corrected chi connectivity index (χ2v) is 4.78. The lowest BCUT2D eigenvalue weighted by Gasteiger charge is -2.31. The maximum Gasteiger partial charge on any atom is 0.329 e. The van der Waals surface area contributed by atoms with Gasteiger partial charge in [0.15, 0.2) is 0 Å². The summed E-state index contributed by atoms with van der Waals surface area (Å²) >= 11 is 0. The van der Waals surface area contributed by atoms with Crippen molar-refractivity contribution in [1.82, 2.24) is 4.90 Å². The number of halogens is 1. The summed E-state index contributed by atoms with van der Waals surface area (Å²) in [6.07, 6.45) is 0. The number of rotatable bonds is 4. The van der Waals surface area contributed by atoms with Gasteiger partial charge in [0.05, 0.1) is 4.92 Å². The van der Waals surface area contributed by atoms with Crippen molar-refractivity contribution in [2.75, 3.05) is 12.4 Å². The van der Waals surface area contributed by atoms with Crippen molar-refractivity contribution >= 4 is 23.4 Å². The van der Waals surface area contributed by atoms with Crippen LogP contribution in [-0.4, -0.2) is 39.5 Å². The summed E-state index contributed by atoms with van der Waals surface area (Å²) in [5, 5.41) is 21.8. The Kier molecular flexibility index (Phi) is 4.46. The third-order valence-electron chi connectivity index (χ3n) is 3.06. The molecule has 0 spiro atoms. The van der Waals surface area contributed by atoms with Crippen LogP contribution in [0.1, 0.15) is 13.8 Å². The monoisotopic (exact) mass is 299 g/mol. The van der Waals surface area contributed by atoms with E-state index in [4.69, 9.17) is 5.11 Å². The highest BCUT2D eigenvalue weighted by atomic mass is 19.1. The van der Waals surface area contributed by atoms with Crippen molar-refractivity contribution in [2.45, 2.75) is 19.4 Å². The van der Waals surface area contributed by atoms with Crippen LogP contribution in [0.15, 0.2) is 18.2 Å². The molecule has 1 rings (SSSR count). The van der Waals surface area contributed by atoms with Gasteiger partial charge in [-0.05, 0) is 19.9 Å². The largest absolute Gasteiger partial charge is 0.480 e. The van der Waals surface area contributed by atoms with Gasteiger partial charge in [0.2, 0.25) is 5.82 Å². The van der Waals surface area contributed by atoms with E-state index in [9.17, 15) is 24.1 Å². The van der Waals surface area contributed by atoms with Gasteiger partial charge in [0, 0.05) is 24.9 Å². The van der Waals surface area contributed by atoms with Gasteiger partial charge in [0.25, 0.3) is 0 Å². The highest BCUT2D eigenvalue weighted by molar-refractivity contribution is 5.93. The van der Waals surface area contributed by atoms with E-state index in [2.05, 4.69) is 5.32 Å². The van der Waals surface area contributed by atoms with Crippen LogP contribution in [0.3, 0.4) is 0 Å². The van der Waals surface area contributed by atoms with Crippen molar-refractivity contribution in [1.29, 1.82) is 0 Å². The van der Waals surface area contributed by atoms with Gasteiger partial charge in [-0.2, -0.15) is 4.39 Å². The Labute approximate surface area is 119 Å². The Balaban J connectivity index is 2.92. The number of carboxylic acid groups (broad SMARTS) is 1. The first kappa shape index (κ1) is 16.3. The smallest absolute Gasteiger partial charge is 0.329 e. The van der Waals surface area contributed by atoms with Gasteiger partial charge < -0.3 is 15.3 Å². The van der Waals surface area contributed by atoms with Crippen LogP contribution < -0.4 is 5.32 Å². The predicted octanol–water partition coefficient (Wildman–Crippen LogP) is 2.06. The number of anilines is 1. The molecule has 9 heteroatoms. The fourth-order valence-electron chi connectivity index (χ4n) is 1.34. The van der Waals surface area contributed by atoms with Gasteiger partial charge in [-0.3, -0.25) is 10.1 Å². The van der Waals surface area contributed by atoms with E-state index in [1.807, 2.05) is 0 Å². The number of hydrogen-bond acceptors (Lipinski definition) is 4. The van der Waals surface area contributed by atoms with E-state index in [-0.39, 0.29) is 5.69 Å². The molecule has 0 radical (unpaired) electrons. The SMILES string of the molecule is CN(C(=O)Nc1ccc([N+](=O)[O-])c(F)c1)C(C)(C)C(=O)O. The molecule has 21 heavy (non-hydrogen) atoms. The predicted molar refractivity (Wildman–Crippen MR) is 71.6 cm³/mol. The molecule has 0 saturated carbocycles. The minimum Gasteiger partial charge on any atom is -0.480 e. The minimum atomic E-state index is -1.47. The fourth-order valence-corrected chi connectivity index (χ4v) is 1.34. The molecule has 8 nitrogen and oxygen atoms in total. The molecule has 2 amide bonds. The summed E-state index contributed by atoms with van der Waals surface area (Å²) in [6.45, 7) is 2.65. The Morgan fingerprint density at radius 2 is 2.00 bits per heavy atom. The minimum absolute atomic E-state index is 0.0175. The number of carbonyl (C=O) groups excluding carboxylic acids is 1. The molecule has 1 aromatic rings. The zero-order chi connectivity index (χ0) is 16.4. The van der Waals surface area contributed by atoms with Crippen molar-refractivity contribution in [2.24, 2.45) is 0 Å². The molecule has 0 unspecified atom stereocenters. The molecule has 0 bridgehead atoms. The second kappa shape index (κ2) is 5.73. The van der Waals surface area contributed by atoms with Gasteiger partial charge in [0.1, 0.15) is 5.54 Å². The van der Waals surface area contributed by atoms with Crippen LogP contribution in [0.2, 0.25) is 0 Å². The second-order valence-electron chi connectivity index (χ2n) is 4.78. The van der Waals surface area contributed by atoms with E-state index in [0.717, 1.165) is 23.1 Å². The van der Waals surface area contributed by atoms with Gasteiger partial charge >= 0.3 is 17.7 Å². The van der Waals surface area contributed by atoms with Gasteiger partial charge in [-0.15, -0.1) is 0 Å². The van der Waals surface area contributed by atoms with Crippen molar-refractivity contribution in [3.63, 3.8) is 0 Å². The highest BCUT2D eigenvalue weighted by Gasteiger charge is 2.35. The van der Waals surface area contributed by atoms with E-state index in [1.54, 1.807) is 0 Å². The lowest BCUT2D eigenvalue weighted by Crippen LogP contribution is -2.52. The highest BCUT2D eigenvalue weighted by Crippen LogP contribution is 2.22. The number of carboxylic acids is 1. The van der Waals surface area contributed by atoms with Crippen LogP contribution in [0, 0.1) is 15.9 Å². The number of amides is 2. The zero-order valence-electron chi connectivity index (χ0n) is 11.6. The van der Waals surface area contributed by atoms with Crippen molar-refractivity contribution in [3.8, 4) is 0 Å². The molecule has 0 heterocycles. The topological polar surface area (TPSA) is 113 Å². The molecule has 114 valence electrons. The van der Waals surface area contributed by atoms with Crippen molar-refractivity contribution < 1.29 is 24.0 Å². The lowest BCUT2D eigenvalue weighted by molar-refractivity contribution is -0.387. The maximum absolute atomic E-state index is 13.4. The number of carbonyl (C=O) groups is 2. The first-order valence-corrected chi connectivity index (χ1v) is 5.79. The molecule has 0 saturated heterocycles. The summed E-state index contributed by atoms with van der Waals surface area (Å²) in [6, 6.07) is 2.07. The summed E-state index contributed by atoms with van der Waals surface area (Å²) in [5.74, 6) is -2.31. The normalized spacial score (nSPS) is 10.9. The maximum atomic E-state index is 13.4. The molecule has 0 fully saturated rings. The zero-order valence-corrected chi connectivity index (χ0v) is 11.6. The van der Waals surface area contributed by atoms with Gasteiger partial charge in [-0.1, -0.05) is 0 Å². The number of likely N-dealkylation sites (N-methyl/N-ethyl adjacent to an activating group) is 1. The van der Waals surface area contributed by atoms with Gasteiger partial charge in [-0.25, -0.2) is 9.59 Å². The molecule has 0 aliphatic heterocycles. The van der Waals surface area contributed by atoms with E-state index >= 15 is 0 Å². The van der Waals surface area contributed by atoms with Crippen LogP contribution in [0.25, 0.3) is 0 Å². The molecule has 0 aromatic heterocycles. The molecule has 0 aliphatic rings. The van der Waals surface area contributed by atoms with E-state index < -0.39 is 34.0 Å². The molecule has 0 atom stereocenters. The first-order chi connectivity index (χ1) is 9.57. The van der Waals surface area contributed by atoms with Crippen molar-refractivity contribution in [3.05, 3.63) is 34.1 Å². The van der Waals surface area contributed by atoms with Crippen LogP contribution in [0.4, 0.5) is 20.6 Å². The lowest BCUT2D eigenvalue weighted by atomic mass is 10.1. The van der Waals surface area contributed by atoms with Crippen LogP contribution in [0.5, 0.6) is 0 Å². The Hall–Kier alpha value is -2.71. The first-order valence-electron chi connectivity index (χ1n) is 5.79. The molecule has 2 N–H and O–H groups in total. The average Bonchev–Trinajstić information content (AvgIpc) is 2.37. The summed E-state index contributed by atoms with van der Waals surface area (Å²) < 4.78 is 13.4. The Morgan fingerprint density at radius 3 is 2.43 bits per heavy atom. The number of nitrogens with zero attached hydrogens (tertiary/aromatic N) is 2. The number of hydrogen-bond donors (Lipinski definition) is 2. The molecular weight excluding hydrogens is 285 g/mol. The average molecular weight is 299 g/mol. The van der Waals surface area contributed by atoms with Crippen LogP contribution >= 0.6 is 0 Å². The van der Waals surface area contributed by atoms with E-state index in [0.29, 0.717) is 0 Å². The Bertz CT molecular complexity index is 603. The van der Waals surface area contributed by atoms with E-state index in [1.165, 1.54) is 20.9 Å². The standard InChI is InChI=1S/C12H14FN3O5/c1-12(2,10(17)18)15(3)11(19)14-7-4-5-9(16(20)21)8(13)6-7/h4-6H,1-3H3,(H,14,19)(H,17,18). The number of nitro benzene ring substituents is 1. The fraction of sp³-hybridized carbons (Fsp3) is 0.333. The number of aliphatic carboxylic acids is 1. The summed E-state index contributed by atoms with van der Waals surface area (Å²) in [4.78, 5) is 33.4. The number of urea groups is 1. The third-order valence-corrected chi connectivity index (χ3v) is 3.06.